The van der Waals surface area contributed by atoms with Gasteiger partial charge in [-0.1, -0.05) is 18.2 Å². The normalized spacial score (nSPS) is 16.5. The first kappa shape index (κ1) is 18.3. The van der Waals surface area contributed by atoms with Gasteiger partial charge in [0.2, 0.25) is 17.7 Å². The van der Waals surface area contributed by atoms with Gasteiger partial charge in [0.1, 0.15) is 11.8 Å². The number of H-pyrrole nitrogens is 1. The van der Waals surface area contributed by atoms with Crippen molar-refractivity contribution in [2.24, 2.45) is 0 Å². The van der Waals surface area contributed by atoms with Crippen LogP contribution >= 0.6 is 11.6 Å². The van der Waals surface area contributed by atoms with E-state index in [1.54, 1.807) is 22.0 Å². The molecule has 4 rings (SSSR count). The highest BCUT2D eigenvalue weighted by atomic mass is 35.5. The van der Waals surface area contributed by atoms with E-state index in [4.69, 9.17) is 16.3 Å². The SMILES string of the molecule is C=CC(=O)N1CC[C@@H](Oc2nc(Nc3cnn(CC)c3)nc3[nH]cc(Cl)c23)C1. The molecule has 3 aromatic heterocycles. The molecule has 3 aromatic rings. The predicted molar refractivity (Wildman–Crippen MR) is 106 cm³/mol. The Kier molecular flexibility index (Phi) is 4.91. The van der Waals surface area contributed by atoms with Crippen LogP contribution < -0.4 is 10.1 Å². The average Bonchev–Trinajstić information content (AvgIpc) is 3.42. The zero-order valence-corrected chi connectivity index (χ0v) is 16.1. The van der Waals surface area contributed by atoms with E-state index in [1.807, 2.05) is 13.1 Å². The molecule has 1 fully saturated rings. The lowest BCUT2D eigenvalue weighted by atomic mass is 10.3. The minimum Gasteiger partial charge on any atom is -0.472 e. The van der Waals surface area contributed by atoms with Crippen LogP contribution in [0, 0.1) is 0 Å². The molecule has 0 spiro atoms. The zero-order valence-electron chi connectivity index (χ0n) is 15.4. The monoisotopic (exact) mass is 401 g/mol. The van der Waals surface area contributed by atoms with Gasteiger partial charge < -0.3 is 19.9 Å². The minimum atomic E-state index is -0.177. The molecule has 1 atom stereocenters. The lowest BCUT2D eigenvalue weighted by Crippen LogP contribution is -2.29. The van der Waals surface area contributed by atoms with Crippen LogP contribution in [0.4, 0.5) is 11.6 Å². The molecule has 4 heterocycles. The molecule has 2 N–H and O–H groups in total. The van der Waals surface area contributed by atoms with Crippen molar-refractivity contribution in [3.63, 3.8) is 0 Å². The summed E-state index contributed by atoms with van der Waals surface area (Å²) >= 11 is 6.30. The van der Waals surface area contributed by atoms with Crippen molar-refractivity contribution in [1.29, 1.82) is 0 Å². The van der Waals surface area contributed by atoms with Gasteiger partial charge in [0.05, 0.1) is 28.8 Å². The number of aromatic amines is 1. The van der Waals surface area contributed by atoms with E-state index in [9.17, 15) is 4.79 Å². The standard InChI is InChI=1S/C18H20ClN7O2/c1-3-14(27)25-6-5-12(10-25)28-17-15-13(19)8-20-16(15)23-18(24-17)22-11-7-21-26(4-2)9-11/h3,7-9,12H,1,4-6,10H2,2H3,(H2,20,22,23,24)/t12-/m1/s1. The highest BCUT2D eigenvalue weighted by Crippen LogP contribution is 2.32. The number of amides is 1. The van der Waals surface area contributed by atoms with Crippen LogP contribution in [0.3, 0.4) is 0 Å². The fraction of sp³-hybridized carbons (Fsp3) is 0.333. The fourth-order valence-corrected chi connectivity index (χ4v) is 3.37. The van der Waals surface area contributed by atoms with Crippen molar-refractivity contribution < 1.29 is 9.53 Å². The van der Waals surface area contributed by atoms with E-state index in [0.717, 1.165) is 12.2 Å². The van der Waals surface area contributed by atoms with Crippen LogP contribution in [0.15, 0.2) is 31.2 Å². The number of nitrogens with one attached hydrogen (secondary N) is 2. The molecule has 9 nitrogen and oxygen atoms in total. The van der Waals surface area contributed by atoms with Crippen LogP contribution in [0.5, 0.6) is 5.88 Å². The quantitative estimate of drug-likeness (QED) is 0.616. The summed E-state index contributed by atoms with van der Waals surface area (Å²) in [5, 5.41) is 8.46. The first-order chi connectivity index (χ1) is 13.6. The van der Waals surface area contributed by atoms with Crippen LogP contribution in [-0.4, -0.2) is 54.7 Å². The number of aryl methyl sites for hydroxylation is 1. The van der Waals surface area contributed by atoms with Crippen molar-refractivity contribution in [3.8, 4) is 5.88 Å². The Labute approximate surface area is 166 Å². The van der Waals surface area contributed by atoms with Gasteiger partial charge in [0, 0.05) is 31.9 Å². The second kappa shape index (κ2) is 7.51. The number of carbonyl (C=O) groups excluding carboxylic acids is 1. The maximum Gasteiger partial charge on any atom is 0.246 e. The Morgan fingerprint density at radius 1 is 1.54 bits per heavy atom. The second-order valence-corrected chi connectivity index (χ2v) is 6.85. The molecule has 0 unspecified atom stereocenters. The molecule has 1 aliphatic rings. The van der Waals surface area contributed by atoms with Gasteiger partial charge in [0.15, 0.2) is 0 Å². The van der Waals surface area contributed by atoms with Crippen LogP contribution in [0.25, 0.3) is 11.0 Å². The zero-order chi connectivity index (χ0) is 19.7. The second-order valence-electron chi connectivity index (χ2n) is 6.44. The first-order valence-corrected chi connectivity index (χ1v) is 9.37. The average molecular weight is 402 g/mol. The number of halogens is 1. The van der Waals surface area contributed by atoms with Gasteiger partial charge in [-0.2, -0.15) is 15.1 Å². The van der Waals surface area contributed by atoms with E-state index in [0.29, 0.717) is 47.4 Å². The molecule has 0 aliphatic carbocycles. The van der Waals surface area contributed by atoms with E-state index in [2.05, 4.69) is 31.9 Å². The summed E-state index contributed by atoms with van der Waals surface area (Å²) in [4.78, 5) is 25.5. The van der Waals surface area contributed by atoms with Gasteiger partial charge in [-0.25, -0.2) is 0 Å². The number of rotatable bonds is 6. The summed E-state index contributed by atoms with van der Waals surface area (Å²) in [5.41, 5.74) is 1.34. The summed E-state index contributed by atoms with van der Waals surface area (Å²) in [5.74, 6) is 0.641. The van der Waals surface area contributed by atoms with Crippen molar-refractivity contribution >= 4 is 40.2 Å². The predicted octanol–water partition coefficient (Wildman–Crippen LogP) is 2.74. The number of hydrogen-bond donors (Lipinski definition) is 2. The Morgan fingerprint density at radius 2 is 2.39 bits per heavy atom. The molecule has 1 saturated heterocycles. The Morgan fingerprint density at radius 3 is 3.14 bits per heavy atom. The number of ether oxygens (including phenoxy) is 1. The van der Waals surface area contributed by atoms with Gasteiger partial charge in [-0.15, -0.1) is 0 Å². The molecule has 146 valence electrons. The summed E-state index contributed by atoms with van der Waals surface area (Å²) in [6.45, 7) is 7.40. The van der Waals surface area contributed by atoms with Crippen LogP contribution in [0.2, 0.25) is 5.02 Å². The van der Waals surface area contributed by atoms with E-state index in [-0.39, 0.29) is 12.0 Å². The molecule has 28 heavy (non-hydrogen) atoms. The number of aromatic nitrogens is 5. The number of nitrogens with zero attached hydrogens (tertiary/aromatic N) is 5. The van der Waals surface area contributed by atoms with Crippen molar-refractivity contribution in [2.75, 3.05) is 18.4 Å². The van der Waals surface area contributed by atoms with Crippen molar-refractivity contribution in [1.82, 2.24) is 29.6 Å². The smallest absolute Gasteiger partial charge is 0.246 e. The lowest BCUT2D eigenvalue weighted by Gasteiger charge is -2.16. The fourth-order valence-electron chi connectivity index (χ4n) is 3.15. The summed E-state index contributed by atoms with van der Waals surface area (Å²) < 4.78 is 7.91. The molecule has 0 aromatic carbocycles. The van der Waals surface area contributed by atoms with E-state index >= 15 is 0 Å². The third-order valence-corrected chi connectivity index (χ3v) is 4.87. The van der Waals surface area contributed by atoms with Gasteiger partial charge in [0.25, 0.3) is 0 Å². The summed E-state index contributed by atoms with van der Waals surface area (Å²) in [6.07, 6.45) is 7.06. The third kappa shape index (κ3) is 3.53. The lowest BCUT2D eigenvalue weighted by molar-refractivity contribution is -0.125. The largest absolute Gasteiger partial charge is 0.472 e. The maximum absolute atomic E-state index is 11.8. The summed E-state index contributed by atoms with van der Waals surface area (Å²) in [7, 11) is 0. The number of anilines is 2. The van der Waals surface area contributed by atoms with Gasteiger partial charge >= 0.3 is 0 Å². The maximum atomic E-state index is 11.8. The summed E-state index contributed by atoms with van der Waals surface area (Å²) in [6, 6.07) is 0. The molecular weight excluding hydrogens is 382 g/mol. The topological polar surface area (TPSA) is 101 Å². The third-order valence-electron chi connectivity index (χ3n) is 4.57. The van der Waals surface area contributed by atoms with Gasteiger partial charge in [-0.3, -0.25) is 9.48 Å². The van der Waals surface area contributed by atoms with Crippen molar-refractivity contribution in [3.05, 3.63) is 36.3 Å². The number of fused-ring (bicyclic) bond motifs is 1. The highest BCUT2D eigenvalue weighted by Gasteiger charge is 2.28. The molecular formula is C18H20ClN7O2. The first-order valence-electron chi connectivity index (χ1n) is 8.99. The number of carbonyl (C=O) groups is 1. The molecule has 0 saturated carbocycles. The Balaban J connectivity index is 1.60. The molecule has 1 aliphatic heterocycles. The van der Waals surface area contributed by atoms with Crippen LogP contribution in [0.1, 0.15) is 13.3 Å². The van der Waals surface area contributed by atoms with Gasteiger partial charge in [-0.05, 0) is 13.0 Å². The molecule has 10 heteroatoms. The molecule has 1 amide bonds. The molecule has 0 radical (unpaired) electrons. The number of hydrogen-bond acceptors (Lipinski definition) is 6. The molecule has 0 bridgehead atoms. The van der Waals surface area contributed by atoms with E-state index < -0.39 is 0 Å². The van der Waals surface area contributed by atoms with Crippen molar-refractivity contribution in [2.45, 2.75) is 26.0 Å². The minimum absolute atomic E-state index is 0.103. The highest BCUT2D eigenvalue weighted by molar-refractivity contribution is 6.35. The Hall–Kier alpha value is -3.07. The number of likely N-dealkylation sites (tertiary alicyclic amines) is 1. The van der Waals surface area contributed by atoms with E-state index in [1.165, 1.54) is 6.08 Å². The Bertz CT molecular complexity index is 1030. The van der Waals surface area contributed by atoms with Crippen LogP contribution in [-0.2, 0) is 11.3 Å².